The molecule has 0 saturated carbocycles. The first kappa shape index (κ1) is 21.8. The van der Waals surface area contributed by atoms with Crippen molar-refractivity contribution in [2.45, 2.75) is 56.8 Å². The van der Waals surface area contributed by atoms with Crippen LogP contribution >= 0.6 is 11.6 Å². The van der Waals surface area contributed by atoms with E-state index in [2.05, 4.69) is 15.3 Å². The zero-order valence-corrected chi connectivity index (χ0v) is 18.1. The van der Waals surface area contributed by atoms with Crippen LogP contribution in [0.5, 0.6) is 0 Å². The molecule has 1 aliphatic rings. The Labute approximate surface area is 183 Å². The number of halogens is 4. The summed E-state index contributed by atoms with van der Waals surface area (Å²) in [5.74, 6) is 0.560. The number of nitrogens with zero attached hydrogens (tertiary/aromatic N) is 2. The van der Waals surface area contributed by atoms with Crippen molar-refractivity contribution in [1.82, 2.24) is 9.97 Å². The summed E-state index contributed by atoms with van der Waals surface area (Å²) in [5, 5.41) is 15.1. The van der Waals surface area contributed by atoms with Crippen LogP contribution in [0.25, 0.3) is 10.9 Å². The summed E-state index contributed by atoms with van der Waals surface area (Å²) in [7, 11) is 0. The van der Waals surface area contributed by atoms with E-state index in [1.165, 1.54) is 0 Å². The van der Waals surface area contributed by atoms with Crippen molar-refractivity contribution in [3.63, 3.8) is 0 Å². The molecule has 2 N–H and O–H groups in total. The van der Waals surface area contributed by atoms with Gasteiger partial charge in [-0.25, -0.2) is 9.97 Å². The Morgan fingerprint density at radius 1 is 1.13 bits per heavy atom. The maximum absolute atomic E-state index is 14.3. The summed E-state index contributed by atoms with van der Waals surface area (Å²) in [4.78, 5) is 8.55. The van der Waals surface area contributed by atoms with E-state index in [1.807, 2.05) is 13.8 Å². The van der Waals surface area contributed by atoms with Crippen LogP contribution in [-0.4, -0.2) is 26.9 Å². The molecule has 4 rings (SSSR count). The van der Waals surface area contributed by atoms with Gasteiger partial charge in [0.1, 0.15) is 5.82 Å². The lowest BCUT2D eigenvalue weighted by Gasteiger charge is -2.38. The standard InChI is InChI=1S/C23H23ClF3N3O/c1-13-28-12-15-17(29-13)8-5-9-18(15)30-20-14-6-4-7-16(24)19(14)21(2,3)10-11-22(20,31)23(25,26)27/h4-9,12,20,30-31H,10-11H2,1-3H3. The molecule has 0 fully saturated rings. The molecule has 1 aliphatic carbocycles. The van der Waals surface area contributed by atoms with Crippen LogP contribution in [-0.2, 0) is 5.41 Å². The van der Waals surface area contributed by atoms with Gasteiger partial charge in [0.25, 0.3) is 0 Å². The molecule has 164 valence electrons. The summed E-state index contributed by atoms with van der Waals surface area (Å²) in [6.45, 7) is 5.45. The molecule has 4 nitrogen and oxygen atoms in total. The molecule has 0 saturated heterocycles. The van der Waals surface area contributed by atoms with E-state index in [1.54, 1.807) is 49.5 Å². The fraction of sp³-hybridized carbons (Fsp3) is 0.391. The summed E-state index contributed by atoms with van der Waals surface area (Å²) >= 11 is 6.48. The molecular weight excluding hydrogens is 427 g/mol. The van der Waals surface area contributed by atoms with E-state index in [-0.39, 0.29) is 6.42 Å². The maximum Gasteiger partial charge on any atom is 0.419 e. The molecule has 2 unspecified atom stereocenters. The van der Waals surface area contributed by atoms with Gasteiger partial charge in [-0.05, 0) is 54.5 Å². The molecule has 3 aromatic rings. The van der Waals surface area contributed by atoms with Gasteiger partial charge in [-0.3, -0.25) is 0 Å². The number of rotatable bonds is 2. The van der Waals surface area contributed by atoms with Crippen LogP contribution in [0.2, 0.25) is 5.02 Å². The zero-order chi connectivity index (χ0) is 22.6. The Hall–Kier alpha value is -2.38. The van der Waals surface area contributed by atoms with E-state index in [0.29, 0.717) is 38.6 Å². The number of alkyl halides is 3. The molecule has 0 spiro atoms. The number of aliphatic hydroxyl groups is 1. The average Bonchev–Trinajstić information content (AvgIpc) is 2.77. The van der Waals surface area contributed by atoms with Gasteiger partial charge in [0.05, 0.1) is 11.6 Å². The highest BCUT2D eigenvalue weighted by Crippen LogP contribution is 2.53. The van der Waals surface area contributed by atoms with E-state index >= 15 is 0 Å². The highest BCUT2D eigenvalue weighted by molar-refractivity contribution is 6.31. The predicted molar refractivity (Wildman–Crippen MR) is 115 cm³/mol. The smallest absolute Gasteiger partial charge is 0.379 e. The lowest BCUT2D eigenvalue weighted by Crippen LogP contribution is -2.52. The third-order valence-corrected chi connectivity index (χ3v) is 6.49. The van der Waals surface area contributed by atoms with Crippen molar-refractivity contribution in [3.05, 3.63) is 64.6 Å². The molecule has 31 heavy (non-hydrogen) atoms. The highest BCUT2D eigenvalue weighted by atomic mass is 35.5. The molecule has 2 atom stereocenters. The number of anilines is 1. The topological polar surface area (TPSA) is 58.0 Å². The van der Waals surface area contributed by atoms with Gasteiger partial charge in [-0.15, -0.1) is 0 Å². The summed E-state index contributed by atoms with van der Waals surface area (Å²) in [6.07, 6.45) is -3.63. The van der Waals surface area contributed by atoms with Gasteiger partial charge in [-0.2, -0.15) is 13.2 Å². The SMILES string of the molecule is Cc1ncc2c(NC3c4cccc(Cl)c4C(C)(C)CCC3(O)C(F)(F)F)cccc2n1. The van der Waals surface area contributed by atoms with Crippen molar-refractivity contribution in [1.29, 1.82) is 0 Å². The van der Waals surface area contributed by atoms with Crippen LogP contribution in [0.15, 0.2) is 42.6 Å². The number of benzene rings is 2. The van der Waals surface area contributed by atoms with Gasteiger partial charge in [0.2, 0.25) is 0 Å². The number of hydrogen-bond acceptors (Lipinski definition) is 4. The van der Waals surface area contributed by atoms with Gasteiger partial charge in [0.15, 0.2) is 5.60 Å². The second kappa shape index (κ2) is 7.35. The number of aromatic nitrogens is 2. The van der Waals surface area contributed by atoms with E-state index in [0.717, 1.165) is 0 Å². The Kier molecular flexibility index (Phi) is 5.17. The van der Waals surface area contributed by atoms with Crippen LogP contribution < -0.4 is 5.32 Å². The van der Waals surface area contributed by atoms with Gasteiger partial charge < -0.3 is 10.4 Å². The minimum Gasteiger partial charge on any atom is -0.379 e. The molecular formula is C23H23ClF3N3O. The molecule has 8 heteroatoms. The van der Waals surface area contributed by atoms with Crippen molar-refractivity contribution < 1.29 is 18.3 Å². The second-order valence-electron chi connectivity index (χ2n) is 8.74. The first-order valence-electron chi connectivity index (χ1n) is 10.0. The fourth-order valence-electron chi connectivity index (χ4n) is 4.46. The quantitative estimate of drug-likeness (QED) is 0.463. The van der Waals surface area contributed by atoms with Crippen molar-refractivity contribution in [2.24, 2.45) is 0 Å². The van der Waals surface area contributed by atoms with E-state index in [9.17, 15) is 18.3 Å². The molecule has 0 aliphatic heterocycles. The molecule has 1 aromatic heterocycles. The lowest BCUT2D eigenvalue weighted by atomic mass is 9.79. The second-order valence-corrected chi connectivity index (χ2v) is 9.15. The largest absolute Gasteiger partial charge is 0.419 e. The first-order chi connectivity index (χ1) is 14.4. The van der Waals surface area contributed by atoms with E-state index in [4.69, 9.17) is 11.6 Å². The summed E-state index contributed by atoms with van der Waals surface area (Å²) in [6, 6.07) is 8.58. The molecule has 0 radical (unpaired) electrons. The highest BCUT2D eigenvalue weighted by Gasteiger charge is 2.61. The number of aryl methyl sites for hydroxylation is 1. The van der Waals surface area contributed by atoms with Crippen LogP contribution in [0, 0.1) is 6.92 Å². The van der Waals surface area contributed by atoms with Gasteiger partial charge >= 0.3 is 6.18 Å². The predicted octanol–water partition coefficient (Wildman–Crippen LogP) is 6.11. The van der Waals surface area contributed by atoms with Crippen molar-refractivity contribution >= 4 is 28.2 Å². The van der Waals surface area contributed by atoms with Crippen molar-refractivity contribution in [3.8, 4) is 0 Å². The Morgan fingerprint density at radius 2 is 1.84 bits per heavy atom. The molecule has 0 amide bonds. The van der Waals surface area contributed by atoms with Crippen LogP contribution in [0.3, 0.4) is 0 Å². The Morgan fingerprint density at radius 3 is 2.55 bits per heavy atom. The van der Waals surface area contributed by atoms with Gasteiger partial charge in [0, 0.05) is 22.3 Å². The third kappa shape index (κ3) is 3.64. The number of nitrogens with one attached hydrogen (secondary N) is 1. The van der Waals surface area contributed by atoms with Gasteiger partial charge in [-0.1, -0.05) is 43.6 Å². The average molecular weight is 450 g/mol. The molecule has 2 aromatic carbocycles. The lowest BCUT2D eigenvalue weighted by molar-refractivity contribution is -0.269. The van der Waals surface area contributed by atoms with E-state index < -0.39 is 29.7 Å². The first-order valence-corrected chi connectivity index (χ1v) is 10.4. The molecule has 1 heterocycles. The Balaban J connectivity index is 1.95. The minimum atomic E-state index is -4.86. The minimum absolute atomic E-state index is 0.121. The molecule has 0 bridgehead atoms. The number of hydrogen-bond donors (Lipinski definition) is 2. The third-order valence-electron chi connectivity index (χ3n) is 6.18. The maximum atomic E-state index is 14.3. The summed E-state index contributed by atoms with van der Waals surface area (Å²) < 4.78 is 43.0. The Bertz CT molecular complexity index is 1150. The van der Waals surface area contributed by atoms with Crippen LogP contribution in [0.1, 0.15) is 49.7 Å². The fourth-order valence-corrected chi connectivity index (χ4v) is 4.89. The zero-order valence-electron chi connectivity index (χ0n) is 17.4. The normalized spacial score (nSPS) is 23.3. The number of fused-ring (bicyclic) bond motifs is 2. The van der Waals surface area contributed by atoms with Crippen molar-refractivity contribution in [2.75, 3.05) is 5.32 Å². The monoisotopic (exact) mass is 449 g/mol. The summed E-state index contributed by atoms with van der Waals surface area (Å²) in [5.41, 5.74) is -1.68. The van der Waals surface area contributed by atoms with Crippen LogP contribution in [0.4, 0.5) is 18.9 Å².